The zero-order valence-corrected chi connectivity index (χ0v) is 18.0. The molecule has 0 fully saturated rings. The maximum atomic E-state index is 9.10. The van der Waals surface area contributed by atoms with Gasteiger partial charge in [0.1, 0.15) is 5.75 Å². The van der Waals surface area contributed by atoms with Crippen molar-refractivity contribution in [3.63, 3.8) is 0 Å². The van der Waals surface area contributed by atoms with Crippen molar-refractivity contribution in [1.82, 2.24) is 10.3 Å². The number of aromatic nitrogens is 1. The maximum Gasteiger partial charge on any atom is 0.414 e. The molecule has 4 N–H and O–H groups in total. The number of H-pyrrole nitrogens is 1. The van der Waals surface area contributed by atoms with E-state index >= 15 is 0 Å². The number of rotatable bonds is 6. The van der Waals surface area contributed by atoms with Gasteiger partial charge in [0.05, 0.1) is 7.11 Å². The van der Waals surface area contributed by atoms with E-state index in [4.69, 9.17) is 24.5 Å². The van der Waals surface area contributed by atoms with Gasteiger partial charge in [-0.15, -0.1) is 0 Å². The largest absolute Gasteiger partial charge is 0.497 e. The Morgan fingerprint density at radius 2 is 1.69 bits per heavy atom. The number of hydrogen-bond acceptors (Lipinski definition) is 4. The van der Waals surface area contributed by atoms with Gasteiger partial charge < -0.3 is 25.3 Å². The van der Waals surface area contributed by atoms with Crippen molar-refractivity contribution in [2.75, 3.05) is 13.7 Å². The molecule has 4 aromatic rings. The summed E-state index contributed by atoms with van der Waals surface area (Å²) in [6.07, 6.45) is 0.990. The summed E-state index contributed by atoms with van der Waals surface area (Å²) in [5, 5.41) is 22.3. The Balaban J connectivity index is 0.000000427. The topological polar surface area (TPSA) is 112 Å². The van der Waals surface area contributed by atoms with Gasteiger partial charge in [0, 0.05) is 23.1 Å². The molecule has 166 valence electrons. The van der Waals surface area contributed by atoms with Crippen molar-refractivity contribution in [3.8, 4) is 5.75 Å². The Hall–Kier alpha value is -3.84. The third-order valence-corrected chi connectivity index (χ3v) is 5.26. The Bertz CT molecular complexity index is 1230. The fraction of sp³-hybridized carbons (Fsp3) is 0.200. The van der Waals surface area contributed by atoms with E-state index in [-0.39, 0.29) is 0 Å². The van der Waals surface area contributed by atoms with Gasteiger partial charge in [-0.05, 0) is 60.0 Å². The van der Waals surface area contributed by atoms with Crippen LogP contribution in [0.1, 0.15) is 16.8 Å². The number of nitrogens with one attached hydrogen (secondary N) is 2. The predicted molar refractivity (Wildman–Crippen MR) is 124 cm³/mol. The van der Waals surface area contributed by atoms with Crippen LogP contribution >= 0.6 is 0 Å². The van der Waals surface area contributed by atoms with Crippen molar-refractivity contribution in [1.29, 1.82) is 0 Å². The molecule has 0 aliphatic rings. The summed E-state index contributed by atoms with van der Waals surface area (Å²) in [7, 11) is 1.71. The highest BCUT2D eigenvalue weighted by Gasteiger charge is 2.09. The van der Waals surface area contributed by atoms with Crippen molar-refractivity contribution in [2.24, 2.45) is 0 Å². The molecule has 1 heterocycles. The zero-order chi connectivity index (χ0) is 23.1. The highest BCUT2D eigenvalue weighted by Crippen LogP contribution is 2.26. The zero-order valence-electron chi connectivity index (χ0n) is 18.0. The Labute approximate surface area is 185 Å². The molecule has 3 aromatic carbocycles. The molecule has 0 unspecified atom stereocenters. The van der Waals surface area contributed by atoms with E-state index in [0.717, 1.165) is 25.3 Å². The van der Waals surface area contributed by atoms with E-state index in [1.807, 2.05) is 6.07 Å². The van der Waals surface area contributed by atoms with Crippen molar-refractivity contribution in [3.05, 3.63) is 77.5 Å². The first-order valence-corrected chi connectivity index (χ1v) is 10.2. The molecule has 0 spiro atoms. The molecule has 0 aliphatic heterocycles. The molecule has 0 radical (unpaired) electrons. The van der Waals surface area contributed by atoms with Crippen molar-refractivity contribution >= 4 is 33.6 Å². The lowest BCUT2D eigenvalue weighted by Crippen LogP contribution is -2.17. The number of carboxylic acid groups (broad SMARTS) is 2. The molecular formula is C25H26N2O5. The molecule has 0 amide bonds. The third-order valence-electron chi connectivity index (χ3n) is 5.26. The minimum atomic E-state index is -1.82. The Morgan fingerprint density at radius 1 is 0.969 bits per heavy atom. The summed E-state index contributed by atoms with van der Waals surface area (Å²) in [5.41, 5.74) is 5.12. The van der Waals surface area contributed by atoms with E-state index in [0.29, 0.717) is 0 Å². The van der Waals surface area contributed by atoms with Gasteiger partial charge in [0.15, 0.2) is 0 Å². The third kappa shape index (κ3) is 5.44. The quantitative estimate of drug-likeness (QED) is 0.268. The van der Waals surface area contributed by atoms with Gasteiger partial charge >= 0.3 is 11.9 Å². The number of fused-ring (bicyclic) bond motifs is 2. The van der Waals surface area contributed by atoms with Crippen LogP contribution in [0.15, 0.2) is 60.7 Å². The van der Waals surface area contributed by atoms with Gasteiger partial charge in [0.25, 0.3) is 0 Å². The van der Waals surface area contributed by atoms with Crippen LogP contribution in [0.25, 0.3) is 21.7 Å². The maximum absolute atomic E-state index is 9.10. The monoisotopic (exact) mass is 434 g/mol. The van der Waals surface area contributed by atoms with E-state index in [9.17, 15) is 0 Å². The lowest BCUT2D eigenvalue weighted by Gasteiger charge is -2.09. The molecule has 0 saturated carbocycles. The minimum Gasteiger partial charge on any atom is -0.497 e. The summed E-state index contributed by atoms with van der Waals surface area (Å²) in [6.45, 7) is 3.97. The summed E-state index contributed by atoms with van der Waals surface area (Å²) in [5.74, 6) is -2.74. The highest BCUT2D eigenvalue weighted by molar-refractivity contribution is 6.27. The van der Waals surface area contributed by atoms with Crippen LogP contribution in [0.5, 0.6) is 5.75 Å². The first-order chi connectivity index (χ1) is 15.4. The molecule has 7 nitrogen and oxygen atoms in total. The van der Waals surface area contributed by atoms with E-state index in [2.05, 4.69) is 71.8 Å². The second-order valence-corrected chi connectivity index (χ2v) is 7.32. The molecule has 0 saturated heterocycles. The van der Waals surface area contributed by atoms with Gasteiger partial charge in [-0.2, -0.15) is 0 Å². The molecule has 1 aromatic heterocycles. The summed E-state index contributed by atoms with van der Waals surface area (Å²) in [4.78, 5) is 21.7. The summed E-state index contributed by atoms with van der Waals surface area (Å²) >= 11 is 0. The number of methoxy groups -OCH3 is 1. The number of hydrogen-bond donors (Lipinski definition) is 4. The van der Waals surface area contributed by atoms with Crippen LogP contribution < -0.4 is 10.1 Å². The number of aryl methyl sites for hydroxylation is 1. The van der Waals surface area contributed by atoms with E-state index < -0.39 is 11.9 Å². The first kappa shape index (κ1) is 22.8. The fourth-order valence-electron chi connectivity index (χ4n) is 3.69. The second kappa shape index (κ2) is 10.5. The van der Waals surface area contributed by atoms with Crippen molar-refractivity contribution < 1.29 is 24.5 Å². The second-order valence-electron chi connectivity index (χ2n) is 7.32. The smallest absolute Gasteiger partial charge is 0.414 e. The number of aromatic amines is 1. The van der Waals surface area contributed by atoms with Crippen LogP contribution in [0.3, 0.4) is 0 Å². The normalized spacial score (nSPS) is 10.6. The average molecular weight is 434 g/mol. The lowest BCUT2D eigenvalue weighted by atomic mass is 10.0. The van der Waals surface area contributed by atoms with Gasteiger partial charge in [-0.25, -0.2) is 9.59 Å². The fourth-order valence-corrected chi connectivity index (χ4v) is 3.69. The van der Waals surface area contributed by atoms with Gasteiger partial charge in [0.2, 0.25) is 0 Å². The van der Waals surface area contributed by atoms with E-state index in [1.54, 1.807) is 7.11 Å². The van der Waals surface area contributed by atoms with Crippen LogP contribution in [-0.4, -0.2) is 40.8 Å². The SMILES string of the molecule is COc1ccc2[nH]c(C)c(CCNCc3cccc4ccccc34)c2c1.O=C(O)C(=O)O. The summed E-state index contributed by atoms with van der Waals surface area (Å²) < 4.78 is 5.38. The predicted octanol–water partition coefficient (Wildman–Crippen LogP) is 4.13. The summed E-state index contributed by atoms with van der Waals surface area (Å²) in [6, 6.07) is 21.3. The number of carboxylic acids is 2. The van der Waals surface area contributed by atoms with Crippen LogP contribution in [0.2, 0.25) is 0 Å². The first-order valence-electron chi connectivity index (χ1n) is 10.2. The minimum absolute atomic E-state index is 0.881. The Morgan fingerprint density at radius 3 is 2.41 bits per heavy atom. The number of carbonyl (C=O) groups is 2. The molecule has 32 heavy (non-hydrogen) atoms. The Kier molecular flexibility index (Phi) is 7.46. The molecule has 4 rings (SSSR count). The number of aliphatic carboxylic acids is 2. The molecule has 7 heteroatoms. The molecule has 0 aliphatic carbocycles. The highest BCUT2D eigenvalue weighted by atomic mass is 16.5. The number of ether oxygens (including phenoxy) is 1. The van der Waals surface area contributed by atoms with Crippen molar-refractivity contribution in [2.45, 2.75) is 19.9 Å². The molecule has 0 bridgehead atoms. The van der Waals surface area contributed by atoms with Crippen LogP contribution in [0, 0.1) is 6.92 Å². The lowest BCUT2D eigenvalue weighted by molar-refractivity contribution is -0.159. The van der Waals surface area contributed by atoms with Crippen LogP contribution in [-0.2, 0) is 22.6 Å². The van der Waals surface area contributed by atoms with Gasteiger partial charge in [-0.3, -0.25) is 0 Å². The molecular weight excluding hydrogens is 408 g/mol. The average Bonchev–Trinajstić information content (AvgIpc) is 3.11. The van der Waals surface area contributed by atoms with Crippen LogP contribution in [0.4, 0.5) is 0 Å². The van der Waals surface area contributed by atoms with E-state index in [1.165, 1.54) is 38.5 Å². The molecule has 0 atom stereocenters. The van der Waals surface area contributed by atoms with Gasteiger partial charge in [-0.1, -0.05) is 42.5 Å². The standard InChI is InChI=1S/C23H24N2O.C2H2O4/c1-16-20(22-14-19(26-2)10-11-23(22)25-16)12-13-24-15-18-8-5-7-17-6-3-4-9-21(17)18;3-1(4)2(5)6/h3-11,14,24-25H,12-13,15H2,1-2H3;(H,3,4)(H,5,6). The number of benzene rings is 3.